The Morgan fingerprint density at radius 1 is 0.667 bits per heavy atom. The number of carbonyl (C=O) groups excluding carboxylic acids is 9. The molecule has 614 valence electrons. The van der Waals surface area contributed by atoms with Crippen LogP contribution in [0.3, 0.4) is 0 Å². The summed E-state index contributed by atoms with van der Waals surface area (Å²) in [6.45, 7) is 12.5. The number of hydrogen-bond donors (Lipinski definition) is 15. The Labute approximate surface area is 649 Å². The van der Waals surface area contributed by atoms with Gasteiger partial charge < -0.3 is 113 Å². The number of ketones is 1. The maximum Gasteiger partial charge on any atom is 0.312 e. The van der Waals surface area contributed by atoms with Gasteiger partial charge in [-0.25, -0.2) is 4.79 Å². The number of nitrogens with one attached hydrogen (secondary N) is 9. The van der Waals surface area contributed by atoms with Gasteiger partial charge in [0.1, 0.15) is 49.8 Å². The van der Waals surface area contributed by atoms with Crippen molar-refractivity contribution in [2.24, 2.45) is 29.2 Å². The van der Waals surface area contributed by atoms with Gasteiger partial charge in [0.15, 0.2) is 12.0 Å². The van der Waals surface area contributed by atoms with Crippen LogP contribution in [0.1, 0.15) is 154 Å². The van der Waals surface area contributed by atoms with E-state index in [2.05, 4.69) is 48.2 Å². The largest absolute Gasteiger partial charge is 0.461 e. The summed E-state index contributed by atoms with van der Waals surface area (Å²) in [6, 6.07) is 19.1. The molecule has 0 radical (unpaired) electrons. The minimum absolute atomic E-state index is 0.0155. The van der Waals surface area contributed by atoms with Crippen molar-refractivity contribution < 1.29 is 96.7 Å². The zero-order valence-corrected chi connectivity index (χ0v) is 64.7. The fourth-order valence-electron chi connectivity index (χ4n) is 13.0. The molecule has 1 fully saturated rings. The molecule has 111 heavy (non-hydrogen) atoms. The molecule has 0 aromatic heterocycles. The number of ether oxygens (including phenoxy) is 7. The van der Waals surface area contributed by atoms with Crippen LogP contribution >= 0.6 is 0 Å². The Balaban J connectivity index is 0.844. The van der Waals surface area contributed by atoms with Crippen molar-refractivity contribution in [1.29, 1.82) is 0 Å². The molecule has 17 N–H and O–H groups in total. The maximum atomic E-state index is 14.4. The molecule has 3 aliphatic heterocycles. The van der Waals surface area contributed by atoms with E-state index in [0.29, 0.717) is 66.3 Å². The number of urea groups is 1. The lowest BCUT2D eigenvalue weighted by Crippen LogP contribution is -2.64. The van der Waals surface area contributed by atoms with Gasteiger partial charge in [-0.2, -0.15) is 0 Å². The molecule has 3 aromatic carbocycles. The number of aliphatic hydroxyl groups is 4. The molecule has 4 aliphatic rings. The first-order chi connectivity index (χ1) is 53.3. The second-order valence-corrected chi connectivity index (χ2v) is 28.8. The lowest BCUT2D eigenvalue weighted by molar-refractivity contribution is -0.266. The highest BCUT2D eigenvalue weighted by Crippen LogP contribution is 2.37. The fourth-order valence-corrected chi connectivity index (χ4v) is 13.0. The number of esters is 1. The highest BCUT2D eigenvalue weighted by molar-refractivity contribution is 6.02. The third-order valence-electron chi connectivity index (χ3n) is 19.1. The summed E-state index contributed by atoms with van der Waals surface area (Å²) in [5.41, 5.74) is 25.1. The number of benzene rings is 3. The van der Waals surface area contributed by atoms with Gasteiger partial charge in [-0.05, 0) is 100 Å². The van der Waals surface area contributed by atoms with E-state index in [1.54, 1.807) is 56.9 Å². The smallest absolute Gasteiger partial charge is 0.312 e. The molecule has 0 saturated carbocycles. The molecule has 7 rings (SSSR count). The van der Waals surface area contributed by atoms with Crippen LogP contribution in [0.2, 0.25) is 0 Å². The van der Waals surface area contributed by atoms with Crippen LogP contribution in [0.25, 0.3) is 11.4 Å². The lowest BCUT2D eigenvalue weighted by atomic mass is 9.89. The van der Waals surface area contributed by atoms with Gasteiger partial charge in [-0.15, -0.1) is 5.53 Å². The number of aliphatic hydroxyl groups excluding tert-OH is 4. The second-order valence-electron chi connectivity index (χ2n) is 28.8. The number of fused-ring (bicyclic) bond motifs is 2. The number of nitrogens with zero attached hydrogens (tertiary/aromatic N) is 2. The molecule has 33 nitrogen and oxygen atoms in total. The third kappa shape index (κ3) is 28.7. The number of carbonyl (C=O) groups is 9. The summed E-state index contributed by atoms with van der Waals surface area (Å²) >= 11 is 0. The molecule has 3 heterocycles. The second kappa shape index (κ2) is 46.8. The number of Topliss-reactive ketones (excluding diaryl/α,β-unsaturated/α-hetero) is 1. The number of rotatable bonds is 46. The first-order valence-electron chi connectivity index (χ1n) is 38.6. The van der Waals surface area contributed by atoms with Crippen LogP contribution in [0.5, 0.6) is 0 Å². The predicted molar refractivity (Wildman–Crippen MR) is 410 cm³/mol. The van der Waals surface area contributed by atoms with Crippen LogP contribution in [0.4, 0.5) is 16.2 Å². The van der Waals surface area contributed by atoms with E-state index in [-0.39, 0.29) is 160 Å². The molecule has 0 bridgehead atoms. The quantitative estimate of drug-likeness (QED) is 0.0285. The molecular weight excluding hydrogens is 1440 g/mol. The van der Waals surface area contributed by atoms with Crippen LogP contribution in [-0.2, 0) is 84.7 Å². The number of amides is 8. The predicted octanol–water partition coefficient (Wildman–Crippen LogP) is 2.63. The van der Waals surface area contributed by atoms with Crippen molar-refractivity contribution in [3.8, 4) is 0 Å². The molecule has 0 spiro atoms. The topological polar surface area (TPSA) is 466 Å². The average Bonchev–Trinajstić information content (AvgIpc) is 1.74. The summed E-state index contributed by atoms with van der Waals surface area (Å²) in [6.07, 6.45) is -3.34. The monoisotopic (exact) mass is 1560 g/mol. The first-order valence-corrected chi connectivity index (χ1v) is 38.6. The minimum atomic E-state index is -1.60. The Morgan fingerprint density at radius 2 is 1.33 bits per heavy atom. The van der Waals surface area contributed by atoms with Gasteiger partial charge >= 0.3 is 12.0 Å². The van der Waals surface area contributed by atoms with Gasteiger partial charge in [0.05, 0.1) is 106 Å². The summed E-state index contributed by atoms with van der Waals surface area (Å²) in [4.78, 5) is 122. The van der Waals surface area contributed by atoms with Crippen molar-refractivity contribution in [3.05, 3.63) is 106 Å². The summed E-state index contributed by atoms with van der Waals surface area (Å²) in [5, 5.41) is 63.3. The van der Waals surface area contributed by atoms with Crippen molar-refractivity contribution in [3.63, 3.8) is 0 Å². The normalized spacial score (nSPS) is 19.9. The zero-order chi connectivity index (χ0) is 80.4. The number of anilines is 2. The number of unbranched alkanes of at least 4 members (excludes halogenated alkanes) is 1. The van der Waals surface area contributed by atoms with Gasteiger partial charge in [-0.1, -0.05) is 95.1 Å². The number of hydrazine groups is 2. The summed E-state index contributed by atoms with van der Waals surface area (Å²) < 4.78 is 39.9. The SMILES string of the molecule is CC(C)N/C1=C(\N)c2ccccc2N(C(=O)CCC(=O)NCCOCCOCCOCCOCCC(=O)N[C@H](CCCCNC(=O)COC2CCCCCC3=C2NNN3[C@@H]2O[C@H](CO)[C@H](O)[C@H](O)[C@H]2O)C(=O)N[C@H](C(=O)C[C@@H](CCCNC(N)=O)C(=O)Nc2ccc(COC(=O)C(C)C)cc2)C(C)C)Cc2ccccc21. The van der Waals surface area contributed by atoms with Gasteiger partial charge in [0, 0.05) is 74.1 Å². The average molecular weight is 1560 g/mol. The zero-order valence-electron chi connectivity index (χ0n) is 64.7. The third-order valence-corrected chi connectivity index (χ3v) is 19.1. The van der Waals surface area contributed by atoms with E-state index in [0.717, 1.165) is 41.6 Å². The van der Waals surface area contributed by atoms with Gasteiger partial charge in [0.25, 0.3) is 0 Å². The molecule has 1 aliphatic carbocycles. The van der Waals surface area contributed by atoms with Crippen molar-refractivity contribution in [1.82, 2.24) is 47.9 Å². The van der Waals surface area contributed by atoms with Crippen molar-refractivity contribution in [2.45, 2.75) is 199 Å². The minimum Gasteiger partial charge on any atom is -0.461 e. The molecule has 1 unspecified atom stereocenters. The van der Waals surface area contributed by atoms with Gasteiger partial charge in [0.2, 0.25) is 35.4 Å². The van der Waals surface area contributed by atoms with E-state index in [1.165, 1.54) is 5.01 Å². The molecule has 1 saturated heterocycles. The van der Waals surface area contributed by atoms with Crippen molar-refractivity contribution in [2.75, 3.05) is 95.9 Å². The van der Waals surface area contributed by atoms with Crippen LogP contribution in [-0.4, -0.2) is 219 Å². The number of hydrogen-bond acceptors (Lipinski definition) is 25. The van der Waals surface area contributed by atoms with Crippen LogP contribution < -0.4 is 64.5 Å². The maximum absolute atomic E-state index is 14.4. The number of allylic oxidation sites excluding steroid dienone is 1. The van der Waals surface area contributed by atoms with E-state index >= 15 is 0 Å². The fraction of sp³-hybridized carbons (Fsp3) is 0.603. The van der Waals surface area contributed by atoms with Gasteiger partial charge in [-0.3, -0.25) is 43.4 Å². The van der Waals surface area contributed by atoms with Crippen LogP contribution in [0, 0.1) is 17.8 Å². The Morgan fingerprint density at radius 3 is 2.02 bits per heavy atom. The van der Waals surface area contributed by atoms with Crippen LogP contribution in [0.15, 0.2) is 84.2 Å². The molecule has 9 atom stereocenters. The van der Waals surface area contributed by atoms with E-state index in [1.807, 2.05) is 62.4 Å². The van der Waals surface area contributed by atoms with E-state index in [9.17, 15) is 63.6 Å². The Kier molecular flexibility index (Phi) is 37.7. The molecule has 33 heteroatoms. The molecule has 3 aromatic rings. The Hall–Kier alpha value is -8.87. The molecule has 8 amide bonds. The lowest BCUT2D eigenvalue weighted by Gasteiger charge is -2.44. The van der Waals surface area contributed by atoms with Crippen molar-refractivity contribution >= 4 is 76.0 Å². The summed E-state index contributed by atoms with van der Waals surface area (Å²) in [7, 11) is 0. The number of para-hydroxylation sites is 1. The molecular formula is C78H117N13O20. The van der Waals surface area contributed by atoms with E-state index in [4.69, 9.17) is 44.6 Å². The van der Waals surface area contributed by atoms with E-state index < -0.39 is 103 Å². The standard InChI is InChI=1S/C78H117N13O20/c1-48(2)68(60(93)43-52(18-16-33-83-78(80)104)74(101)85-54-27-25-51(26-28-54)46-110-77(103)49(3)4)87-75(102)57(21-14-15-32-81-65(96)47-109-61-24-9-7-8-23-59-70(61)88-89-91(59)76-73(100)72(99)71(98)62(45-92)111-76)86-64(95)31-35-105-37-39-107-41-42-108-40-38-106-36-34-82-63(94)29-30-66(97)90-44-53-17-10-11-19-55(53)69(84-50(5)6)67(79)56-20-12-13-22-58(56)90/h10-13,17,19-20,22,25-28,48-50,52,57,61-62,68,71-73,76,84,88-89,92,98-100H,7-9,14-16,18,21,23-24,29-47,79H2,1-6H3,(H,81,96)(H,82,94)(H,85,101)(H,86,95)(H,87,102)(H3,80,83,104)/b69-67-/t52-,57-,61?,62-,68+,71+,72+,73-,76-/m1/s1. The number of nitrogens with two attached hydrogens (primary N) is 2. The number of primary amides is 1. The highest BCUT2D eigenvalue weighted by Gasteiger charge is 2.48. The first kappa shape index (κ1) is 89.3. The Bertz CT molecular complexity index is 3580. The highest BCUT2D eigenvalue weighted by atomic mass is 16.6. The summed E-state index contributed by atoms with van der Waals surface area (Å²) in [5.74, 6) is -5.10.